The molecule has 1 atom stereocenters. The van der Waals surface area contributed by atoms with Crippen LogP contribution in [0.3, 0.4) is 0 Å². The number of primary amides is 1. The van der Waals surface area contributed by atoms with Crippen molar-refractivity contribution in [2.45, 2.75) is 12.8 Å². The predicted octanol–water partition coefficient (Wildman–Crippen LogP) is 2.97. The van der Waals surface area contributed by atoms with Crippen LogP contribution >= 0.6 is 11.6 Å². The fourth-order valence-electron chi connectivity index (χ4n) is 3.44. The van der Waals surface area contributed by atoms with E-state index in [0.717, 1.165) is 29.6 Å². The number of carbonyl (C=O) groups excluding carboxylic acids is 2. The standard InChI is InChI=1S/C22H19ClN4O2/c1-26-10-9-15(12-19(26)28)6-5-14-3-2-4-16(11-14)20-18-8-7-17(23)13-27(18)22(25-20)21(24)29/h2-4,7-8,11,13,15H,9-10,12H2,1H3,(H2,24,29)/t15-/m0/s1. The zero-order valence-corrected chi connectivity index (χ0v) is 16.6. The van der Waals surface area contributed by atoms with Crippen molar-refractivity contribution in [2.75, 3.05) is 13.6 Å². The molecule has 0 aliphatic carbocycles. The molecule has 146 valence electrons. The van der Waals surface area contributed by atoms with Crippen molar-refractivity contribution >= 4 is 28.9 Å². The summed E-state index contributed by atoms with van der Waals surface area (Å²) in [6.07, 6.45) is 2.95. The van der Waals surface area contributed by atoms with Crippen LogP contribution in [0.5, 0.6) is 0 Å². The third-order valence-electron chi connectivity index (χ3n) is 5.04. The van der Waals surface area contributed by atoms with Crippen molar-refractivity contribution in [1.29, 1.82) is 0 Å². The molecule has 4 rings (SSSR count). The predicted molar refractivity (Wildman–Crippen MR) is 111 cm³/mol. The van der Waals surface area contributed by atoms with E-state index in [9.17, 15) is 9.59 Å². The smallest absolute Gasteiger partial charge is 0.285 e. The lowest BCUT2D eigenvalue weighted by Crippen LogP contribution is -2.35. The molecule has 3 heterocycles. The highest BCUT2D eigenvalue weighted by Crippen LogP contribution is 2.27. The molecular formula is C22H19ClN4O2. The Kier molecular flexibility index (Phi) is 4.99. The molecule has 0 saturated carbocycles. The van der Waals surface area contributed by atoms with Crippen LogP contribution in [-0.2, 0) is 4.79 Å². The Morgan fingerprint density at radius 3 is 2.90 bits per heavy atom. The van der Waals surface area contributed by atoms with E-state index in [1.807, 2.05) is 31.3 Å². The van der Waals surface area contributed by atoms with Gasteiger partial charge in [0.25, 0.3) is 5.91 Å². The van der Waals surface area contributed by atoms with Crippen LogP contribution in [0.1, 0.15) is 29.0 Å². The number of halogens is 1. The highest BCUT2D eigenvalue weighted by atomic mass is 35.5. The maximum Gasteiger partial charge on any atom is 0.285 e. The van der Waals surface area contributed by atoms with E-state index in [-0.39, 0.29) is 17.6 Å². The third kappa shape index (κ3) is 3.82. The fraction of sp³-hybridized carbons (Fsp3) is 0.227. The minimum Gasteiger partial charge on any atom is -0.363 e. The number of pyridine rings is 1. The van der Waals surface area contributed by atoms with Gasteiger partial charge >= 0.3 is 0 Å². The van der Waals surface area contributed by atoms with Crippen LogP contribution in [0.25, 0.3) is 16.8 Å². The minimum absolute atomic E-state index is 0.0689. The first-order chi connectivity index (χ1) is 13.9. The number of amides is 2. The van der Waals surface area contributed by atoms with Gasteiger partial charge in [0.1, 0.15) is 0 Å². The van der Waals surface area contributed by atoms with E-state index in [4.69, 9.17) is 17.3 Å². The molecule has 2 N–H and O–H groups in total. The topological polar surface area (TPSA) is 80.7 Å². The molecule has 1 fully saturated rings. The lowest BCUT2D eigenvalue weighted by molar-refractivity contribution is -0.132. The maximum absolute atomic E-state index is 11.9. The third-order valence-corrected chi connectivity index (χ3v) is 5.26. The number of carbonyl (C=O) groups is 2. The number of fused-ring (bicyclic) bond motifs is 1. The van der Waals surface area contributed by atoms with E-state index in [1.54, 1.807) is 27.6 Å². The van der Waals surface area contributed by atoms with Crippen molar-refractivity contribution in [3.05, 3.63) is 59.0 Å². The molecule has 0 spiro atoms. The van der Waals surface area contributed by atoms with Crippen molar-refractivity contribution < 1.29 is 9.59 Å². The molecule has 3 aromatic rings. The van der Waals surface area contributed by atoms with Gasteiger partial charge in [0.2, 0.25) is 11.7 Å². The first-order valence-corrected chi connectivity index (χ1v) is 9.63. The van der Waals surface area contributed by atoms with Crippen LogP contribution < -0.4 is 5.73 Å². The highest BCUT2D eigenvalue weighted by Gasteiger charge is 2.21. The molecule has 1 aliphatic heterocycles. The number of nitrogens with two attached hydrogens (primary N) is 1. The second-order valence-electron chi connectivity index (χ2n) is 7.11. The Labute approximate surface area is 173 Å². The highest BCUT2D eigenvalue weighted by molar-refractivity contribution is 6.30. The molecule has 2 amide bonds. The summed E-state index contributed by atoms with van der Waals surface area (Å²) < 4.78 is 1.60. The van der Waals surface area contributed by atoms with E-state index in [0.29, 0.717) is 17.1 Å². The van der Waals surface area contributed by atoms with Crippen LogP contribution in [0.15, 0.2) is 42.6 Å². The van der Waals surface area contributed by atoms with Gasteiger partial charge in [-0.25, -0.2) is 4.98 Å². The number of nitrogens with zero attached hydrogens (tertiary/aromatic N) is 3. The Balaban J connectivity index is 1.69. The summed E-state index contributed by atoms with van der Waals surface area (Å²) in [6.45, 7) is 0.733. The van der Waals surface area contributed by atoms with Gasteiger partial charge in [0, 0.05) is 43.3 Å². The van der Waals surface area contributed by atoms with Crippen LogP contribution in [-0.4, -0.2) is 39.7 Å². The van der Waals surface area contributed by atoms with Crippen LogP contribution in [0, 0.1) is 17.8 Å². The number of hydrogen-bond donors (Lipinski definition) is 1. The molecule has 6 nitrogen and oxygen atoms in total. The Bertz CT molecular complexity index is 1190. The number of rotatable bonds is 2. The first-order valence-electron chi connectivity index (χ1n) is 9.26. The minimum atomic E-state index is -0.628. The van der Waals surface area contributed by atoms with Gasteiger partial charge in [-0.2, -0.15) is 0 Å². The molecule has 0 unspecified atom stereocenters. The van der Waals surface area contributed by atoms with Crippen molar-refractivity contribution in [1.82, 2.24) is 14.3 Å². The monoisotopic (exact) mass is 406 g/mol. The summed E-state index contributed by atoms with van der Waals surface area (Å²) in [5, 5.41) is 0.483. The summed E-state index contributed by atoms with van der Waals surface area (Å²) in [5.41, 5.74) is 8.49. The van der Waals surface area contributed by atoms with E-state index < -0.39 is 5.91 Å². The summed E-state index contributed by atoms with van der Waals surface area (Å²) in [7, 11) is 1.82. The average molecular weight is 407 g/mol. The molecule has 29 heavy (non-hydrogen) atoms. The number of piperidine rings is 1. The van der Waals surface area contributed by atoms with Gasteiger partial charge in [-0.05, 0) is 30.7 Å². The number of hydrogen-bond acceptors (Lipinski definition) is 3. The van der Waals surface area contributed by atoms with Gasteiger partial charge in [-0.3, -0.25) is 14.0 Å². The molecule has 2 aromatic heterocycles. The summed E-state index contributed by atoms with van der Waals surface area (Å²) in [4.78, 5) is 29.9. The number of imidazole rings is 1. The lowest BCUT2D eigenvalue weighted by atomic mass is 9.96. The molecule has 7 heteroatoms. The normalized spacial score (nSPS) is 16.6. The molecule has 1 aromatic carbocycles. The second kappa shape index (κ2) is 7.61. The quantitative estimate of drug-likeness (QED) is 0.664. The second-order valence-corrected chi connectivity index (χ2v) is 7.54. The lowest BCUT2D eigenvalue weighted by Gasteiger charge is -2.25. The van der Waals surface area contributed by atoms with E-state index >= 15 is 0 Å². The van der Waals surface area contributed by atoms with Crippen LogP contribution in [0.4, 0.5) is 0 Å². The van der Waals surface area contributed by atoms with E-state index in [1.165, 1.54) is 0 Å². The van der Waals surface area contributed by atoms with E-state index in [2.05, 4.69) is 16.8 Å². The molecule has 0 radical (unpaired) electrons. The summed E-state index contributed by atoms with van der Waals surface area (Å²) in [6, 6.07) is 11.2. The zero-order chi connectivity index (χ0) is 20.5. The molecule has 1 aliphatic rings. The van der Waals surface area contributed by atoms with Crippen molar-refractivity contribution in [3.63, 3.8) is 0 Å². The maximum atomic E-state index is 11.9. The molecule has 1 saturated heterocycles. The summed E-state index contributed by atoms with van der Waals surface area (Å²) >= 11 is 6.06. The molecule has 0 bridgehead atoms. The number of benzene rings is 1. The van der Waals surface area contributed by atoms with Gasteiger partial charge in [0.05, 0.1) is 16.2 Å². The van der Waals surface area contributed by atoms with Gasteiger partial charge in [0.15, 0.2) is 0 Å². The average Bonchev–Trinajstić information content (AvgIpc) is 3.08. The SMILES string of the molecule is CN1CC[C@H](C#Cc2cccc(-c3nc(C(N)=O)n4cc(Cl)ccc34)c2)CC1=O. The largest absolute Gasteiger partial charge is 0.363 e. The van der Waals surface area contributed by atoms with Gasteiger partial charge < -0.3 is 10.6 Å². The van der Waals surface area contributed by atoms with Crippen molar-refractivity contribution in [3.8, 4) is 23.1 Å². The van der Waals surface area contributed by atoms with Gasteiger partial charge in [-0.1, -0.05) is 35.6 Å². The van der Waals surface area contributed by atoms with Crippen molar-refractivity contribution in [2.24, 2.45) is 11.7 Å². The first kappa shape index (κ1) is 19.0. The Morgan fingerprint density at radius 2 is 2.14 bits per heavy atom. The Morgan fingerprint density at radius 1 is 1.31 bits per heavy atom. The summed E-state index contributed by atoms with van der Waals surface area (Å²) in [5.74, 6) is 6.09. The number of aromatic nitrogens is 2. The number of likely N-dealkylation sites (tertiary alicyclic amines) is 1. The fourth-order valence-corrected chi connectivity index (χ4v) is 3.60. The molecular weight excluding hydrogens is 388 g/mol. The zero-order valence-electron chi connectivity index (χ0n) is 15.9. The Hall–Kier alpha value is -3.30. The van der Waals surface area contributed by atoms with Gasteiger partial charge in [-0.15, -0.1) is 0 Å². The van der Waals surface area contributed by atoms with Crippen LogP contribution in [0.2, 0.25) is 5.02 Å².